The number of aryl methyl sites for hydroxylation is 2. The molecule has 0 fully saturated rings. The van der Waals surface area contributed by atoms with Gasteiger partial charge in [0, 0.05) is 16.4 Å². The first kappa shape index (κ1) is 18.6. The predicted molar refractivity (Wildman–Crippen MR) is 100 cm³/mol. The Morgan fingerprint density at radius 2 is 1.81 bits per heavy atom. The van der Waals surface area contributed by atoms with Crippen molar-refractivity contribution >= 4 is 32.7 Å². The van der Waals surface area contributed by atoms with E-state index >= 15 is 0 Å². The van der Waals surface area contributed by atoms with Gasteiger partial charge in [-0.05, 0) is 55.7 Å². The highest BCUT2D eigenvalue weighted by Crippen LogP contribution is 2.33. The SMILES string of the molecule is Cc1nc(NCc2cccc(C(F)(F)F)c2C)c2cc(C)c(Br)cc2n1. The molecule has 0 aliphatic carbocycles. The third kappa shape index (κ3) is 3.67. The van der Waals surface area contributed by atoms with E-state index in [-0.39, 0.29) is 12.1 Å². The molecular formula is C19H17BrF3N3. The minimum Gasteiger partial charge on any atom is -0.365 e. The molecule has 3 rings (SSSR count). The fourth-order valence-electron chi connectivity index (χ4n) is 2.87. The lowest BCUT2D eigenvalue weighted by atomic mass is 10.0. The van der Waals surface area contributed by atoms with Gasteiger partial charge < -0.3 is 5.32 Å². The van der Waals surface area contributed by atoms with Crippen LogP contribution in [0.1, 0.15) is 28.1 Å². The van der Waals surface area contributed by atoms with Crippen LogP contribution in [0.2, 0.25) is 0 Å². The third-order valence-electron chi connectivity index (χ3n) is 4.29. The molecule has 0 unspecified atom stereocenters. The molecule has 136 valence electrons. The van der Waals surface area contributed by atoms with E-state index in [1.807, 2.05) is 19.1 Å². The summed E-state index contributed by atoms with van der Waals surface area (Å²) in [6, 6.07) is 8.09. The number of halogens is 4. The first-order valence-electron chi connectivity index (χ1n) is 8.01. The molecule has 1 aromatic heterocycles. The zero-order valence-electron chi connectivity index (χ0n) is 14.5. The van der Waals surface area contributed by atoms with E-state index in [4.69, 9.17) is 0 Å². The Labute approximate surface area is 157 Å². The van der Waals surface area contributed by atoms with E-state index in [0.717, 1.165) is 27.0 Å². The highest BCUT2D eigenvalue weighted by atomic mass is 79.9. The lowest BCUT2D eigenvalue weighted by molar-refractivity contribution is -0.138. The van der Waals surface area contributed by atoms with Gasteiger partial charge in [0.25, 0.3) is 0 Å². The standard InChI is InChI=1S/C19H17BrF3N3/c1-10-7-14-17(8-16(10)20)25-12(3)26-18(14)24-9-13-5-4-6-15(11(13)2)19(21,22)23/h4-8H,9H2,1-3H3,(H,24,25,26). The molecule has 3 aromatic rings. The monoisotopic (exact) mass is 423 g/mol. The summed E-state index contributed by atoms with van der Waals surface area (Å²) in [7, 11) is 0. The summed E-state index contributed by atoms with van der Waals surface area (Å²) in [6.45, 7) is 5.48. The molecule has 0 radical (unpaired) electrons. The molecule has 0 atom stereocenters. The summed E-state index contributed by atoms with van der Waals surface area (Å²) in [5.41, 5.74) is 2.00. The third-order valence-corrected chi connectivity index (χ3v) is 5.14. The van der Waals surface area contributed by atoms with Gasteiger partial charge >= 0.3 is 6.18 Å². The van der Waals surface area contributed by atoms with Crippen LogP contribution in [0.5, 0.6) is 0 Å². The van der Waals surface area contributed by atoms with Crippen molar-refractivity contribution < 1.29 is 13.2 Å². The summed E-state index contributed by atoms with van der Waals surface area (Å²) < 4.78 is 40.2. The normalized spacial score (nSPS) is 11.8. The van der Waals surface area contributed by atoms with Crippen molar-refractivity contribution in [1.82, 2.24) is 9.97 Å². The number of rotatable bonds is 3. The van der Waals surface area contributed by atoms with Crippen molar-refractivity contribution in [3.63, 3.8) is 0 Å². The summed E-state index contributed by atoms with van der Waals surface area (Å²) in [4.78, 5) is 8.86. The molecule has 26 heavy (non-hydrogen) atoms. The molecule has 0 spiro atoms. The summed E-state index contributed by atoms with van der Waals surface area (Å²) in [6.07, 6.45) is -4.36. The van der Waals surface area contributed by atoms with Crippen LogP contribution in [0.15, 0.2) is 34.8 Å². The second-order valence-electron chi connectivity index (χ2n) is 6.18. The average molecular weight is 424 g/mol. The molecule has 1 heterocycles. The summed E-state index contributed by atoms with van der Waals surface area (Å²) >= 11 is 3.49. The Balaban J connectivity index is 1.97. The number of alkyl halides is 3. The number of hydrogen-bond donors (Lipinski definition) is 1. The number of nitrogens with one attached hydrogen (secondary N) is 1. The molecule has 0 bridgehead atoms. The fraction of sp³-hybridized carbons (Fsp3) is 0.263. The number of fused-ring (bicyclic) bond motifs is 1. The Kier molecular flexibility index (Phi) is 4.92. The van der Waals surface area contributed by atoms with Crippen molar-refractivity contribution in [2.75, 3.05) is 5.32 Å². The maximum Gasteiger partial charge on any atom is 0.416 e. The van der Waals surface area contributed by atoms with Crippen LogP contribution >= 0.6 is 15.9 Å². The van der Waals surface area contributed by atoms with Crippen LogP contribution in [0.25, 0.3) is 10.9 Å². The Morgan fingerprint density at radius 3 is 2.50 bits per heavy atom. The second-order valence-corrected chi connectivity index (χ2v) is 7.03. The van der Waals surface area contributed by atoms with E-state index in [1.54, 1.807) is 13.0 Å². The summed E-state index contributed by atoms with van der Waals surface area (Å²) in [5.74, 6) is 1.21. The molecule has 0 aliphatic heterocycles. The van der Waals surface area contributed by atoms with Crippen LogP contribution in [0, 0.1) is 20.8 Å². The zero-order chi connectivity index (χ0) is 19.1. The maximum absolute atomic E-state index is 13.1. The molecule has 1 N–H and O–H groups in total. The van der Waals surface area contributed by atoms with Gasteiger partial charge in [0.05, 0.1) is 11.1 Å². The molecule has 0 aliphatic rings. The molecular weight excluding hydrogens is 407 g/mol. The summed E-state index contributed by atoms with van der Waals surface area (Å²) in [5, 5.41) is 4.01. The zero-order valence-corrected chi connectivity index (χ0v) is 16.1. The van der Waals surface area contributed by atoms with Gasteiger partial charge in [-0.25, -0.2) is 9.97 Å². The highest BCUT2D eigenvalue weighted by Gasteiger charge is 2.32. The molecule has 0 saturated carbocycles. The van der Waals surface area contributed by atoms with Gasteiger partial charge in [0.1, 0.15) is 11.6 Å². The minimum atomic E-state index is -4.36. The highest BCUT2D eigenvalue weighted by molar-refractivity contribution is 9.10. The molecule has 3 nitrogen and oxygen atoms in total. The van der Waals surface area contributed by atoms with Crippen LogP contribution in [-0.2, 0) is 12.7 Å². The van der Waals surface area contributed by atoms with Crippen molar-refractivity contribution in [2.45, 2.75) is 33.5 Å². The van der Waals surface area contributed by atoms with Crippen LogP contribution < -0.4 is 5.32 Å². The van der Waals surface area contributed by atoms with Crippen molar-refractivity contribution in [2.24, 2.45) is 0 Å². The van der Waals surface area contributed by atoms with E-state index in [0.29, 0.717) is 17.2 Å². The number of aromatic nitrogens is 2. The van der Waals surface area contributed by atoms with Crippen LogP contribution in [0.4, 0.5) is 19.0 Å². The average Bonchev–Trinajstić information content (AvgIpc) is 2.54. The number of nitrogens with zero attached hydrogens (tertiary/aromatic N) is 2. The van der Waals surface area contributed by atoms with Gasteiger partial charge in [-0.3, -0.25) is 0 Å². The maximum atomic E-state index is 13.1. The quantitative estimate of drug-likeness (QED) is 0.565. The molecule has 7 heteroatoms. The van der Waals surface area contributed by atoms with Gasteiger partial charge in [-0.1, -0.05) is 28.1 Å². The van der Waals surface area contributed by atoms with Gasteiger partial charge in [0.15, 0.2) is 0 Å². The van der Waals surface area contributed by atoms with Crippen molar-refractivity contribution in [3.8, 4) is 0 Å². The predicted octanol–water partition coefficient (Wildman–Crippen LogP) is 5.95. The topological polar surface area (TPSA) is 37.8 Å². The van der Waals surface area contributed by atoms with E-state index in [1.165, 1.54) is 13.0 Å². The van der Waals surface area contributed by atoms with E-state index < -0.39 is 11.7 Å². The van der Waals surface area contributed by atoms with Gasteiger partial charge in [-0.15, -0.1) is 0 Å². The van der Waals surface area contributed by atoms with Crippen LogP contribution in [-0.4, -0.2) is 9.97 Å². The smallest absolute Gasteiger partial charge is 0.365 e. The molecule has 0 amide bonds. The fourth-order valence-corrected chi connectivity index (χ4v) is 3.20. The van der Waals surface area contributed by atoms with E-state index in [2.05, 4.69) is 31.2 Å². The number of benzene rings is 2. The second kappa shape index (κ2) is 6.87. The minimum absolute atomic E-state index is 0.224. The Bertz CT molecular complexity index is 984. The Hall–Kier alpha value is -2.15. The number of anilines is 1. The van der Waals surface area contributed by atoms with Crippen molar-refractivity contribution in [1.29, 1.82) is 0 Å². The molecule has 2 aromatic carbocycles. The van der Waals surface area contributed by atoms with Gasteiger partial charge in [0.2, 0.25) is 0 Å². The lowest BCUT2D eigenvalue weighted by Crippen LogP contribution is -2.11. The first-order chi connectivity index (χ1) is 12.2. The molecule has 0 saturated heterocycles. The largest absolute Gasteiger partial charge is 0.416 e. The van der Waals surface area contributed by atoms with Crippen LogP contribution in [0.3, 0.4) is 0 Å². The first-order valence-corrected chi connectivity index (χ1v) is 8.80. The van der Waals surface area contributed by atoms with E-state index in [9.17, 15) is 13.2 Å². The lowest BCUT2D eigenvalue weighted by Gasteiger charge is -2.15. The Morgan fingerprint density at radius 1 is 1.08 bits per heavy atom. The van der Waals surface area contributed by atoms with Gasteiger partial charge in [-0.2, -0.15) is 13.2 Å². The number of hydrogen-bond acceptors (Lipinski definition) is 3. The van der Waals surface area contributed by atoms with Crippen molar-refractivity contribution in [3.05, 3.63) is 62.9 Å².